The summed E-state index contributed by atoms with van der Waals surface area (Å²) in [5.74, 6) is -0.856. The van der Waals surface area contributed by atoms with Gasteiger partial charge in [-0.1, -0.05) is 29.8 Å². The maximum atomic E-state index is 10.6. The van der Waals surface area contributed by atoms with Gasteiger partial charge in [-0.15, -0.1) is 0 Å². The van der Waals surface area contributed by atoms with Crippen molar-refractivity contribution in [2.24, 2.45) is 0 Å². The van der Waals surface area contributed by atoms with E-state index in [1.165, 1.54) is 17.2 Å². The number of aliphatic carboxylic acids is 1. The van der Waals surface area contributed by atoms with Gasteiger partial charge in [-0.3, -0.25) is 4.90 Å². The maximum absolute atomic E-state index is 10.6. The van der Waals surface area contributed by atoms with Gasteiger partial charge in [0.2, 0.25) is 0 Å². The van der Waals surface area contributed by atoms with E-state index in [-0.39, 0.29) is 0 Å². The highest BCUT2D eigenvalue weighted by Crippen LogP contribution is 2.16. The first kappa shape index (κ1) is 12.8. The SMILES string of the molecule is CC(=CC(=O)O)CN1CCc2ccccc2CC1. The number of carbonyl (C=O) groups is 1. The van der Waals surface area contributed by atoms with Crippen LogP contribution >= 0.6 is 0 Å². The van der Waals surface area contributed by atoms with Crippen molar-refractivity contribution in [3.8, 4) is 0 Å². The molecule has 0 saturated carbocycles. The van der Waals surface area contributed by atoms with Crippen LogP contribution < -0.4 is 0 Å². The Morgan fingerprint density at radius 1 is 1.28 bits per heavy atom. The Morgan fingerprint density at radius 2 is 1.83 bits per heavy atom. The molecular formula is C15H19NO2. The lowest BCUT2D eigenvalue weighted by atomic mass is 10.0. The summed E-state index contributed by atoms with van der Waals surface area (Å²) in [6.45, 7) is 4.63. The summed E-state index contributed by atoms with van der Waals surface area (Å²) in [5, 5.41) is 8.72. The third kappa shape index (κ3) is 3.44. The Bertz CT molecular complexity index is 438. The molecule has 18 heavy (non-hydrogen) atoms. The second kappa shape index (κ2) is 5.83. The minimum Gasteiger partial charge on any atom is -0.478 e. The molecule has 0 bridgehead atoms. The minimum atomic E-state index is -0.856. The van der Waals surface area contributed by atoms with Gasteiger partial charge in [-0.05, 0) is 30.9 Å². The summed E-state index contributed by atoms with van der Waals surface area (Å²) in [7, 11) is 0. The Kier molecular flexibility index (Phi) is 4.15. The molecule has 0 spiro atoms. The van der Waals surface area contributed by atoms with Crippen LogP contribution in [0.2, 0.25) is 0 Å². The number of hydrogen-bond donors (Lipinski definition) is 1. The third-order valence-electron chi connectivity index (χ3n) is 3.36. The molecule has 3 heteroatoms. The summed E-state index contributed by atoms with van der Waals surface area (Å²) in [5.41, 5.74) is 3.77. The highest BCUT2D eigenvalue weighted by atomic mass is 16.4. The molecule has 0 saturated heterocycles. The van der Waals surface area contributed by atoms with Crippen LogP contribution in [0.1, 0.15) is 18.1 Å². The molecule has 1 aliphatic heterocycles. The first-order valence-electron chi connectivity index (χ1n) is 6.34. The van der Waals surface area contributed by atoms with Gasteiger partial charge in [-0.25, -0.2) is 4.79 Å². The van der Waals surface area contributed by atoms with Crippen molar-refractivity contribution in [3.05, 3.63) is 47.0 Å². The van der Waals surface area contributed by atoms with Crippen molar-refractivity contribution in [1.82, 2.24) is 4.90 Å². The lowest BCUT2D eigenvalue weighted by Gasteiger charge is -2.19. The van der Waals surface area contributed by atoms with Crippen molar-refractivity contribution >= 4 is 5.97 Å². The molecule has 0 radical (unpaired) electrons. The zero-order valence-corrected chi connectivity index (χ0v) is 10.7. The molecule has 0 atom stereocenters. The average Bonchev–Trinajstić information content (AvgIpc) is 2.51. The lowest BCUT2D eigenvalue weighted by molar-refractivity contribution is -0.131. The van der Waals surface area contributed by atoms with Crippen LogP contribution in [0.4, 0.5) is 0 Å². The number of rotatable bonds is 3. The topological polar surface area (TPSA) is 40.5 Å². The molecule has 0 aliphatic carbocycles. The van der Waals surface area contributed by atoms with Gasteiger partial charge in [0.15, 0.2) is 0 Å². The molecule has 0 aromatic heterocycles. The van der Waals surface area contributed by atoms with Crippen LogP contribution in [0, 0.1) is 0 Å². The van der Waals surface area contributed by atoms with Gasteiger partial charge in [0.1, 0.15) is 0 Å². The van der Waals surface area contributed by atoms with Crippen LogP contribution in [0.3, 0.4) is 0 Å². The van der Waals surface area contributed by atoms with Crippen LogP contribution in [-0.4, -0.2) is 35.6 Å². The van der Waals surface area contributed by atoms with Gasteiger partial charge < -0.3 is 5.11 Å². The zero-order chi connectivity index (χ0) is 13.0. The summed E-state index contributed by atoms with van der Waals surface area (Å²) in [4.78, 5) is 12.9. The van der Waals surface area contributed by atoms with E-state index in [2.05, 4.69) is 29.2 Å². The number of fused-ring (bicyclic) bond motifs is 1. The molecular weight excluding hydrogens is 226 g/mol. The fourth-order valence-corrected chi connectivity index (χ4v) is 2.48. The van der Waals surface area contributed by atoms with Gasteiger partial charge in [0, 0.05) is 25.7 Å². The van der Waals surface area contributed by atoms with E-state index < -0.39 is 5.97 Å². The summed E-state index contributed by atoms with van der Waals surface area (Å²) < 4.78 is 0. The molecule has 0 unspecified atom stereocenters. The van der Waals surface area contributed by atoms with E-state index in [9.17, 15) is 4.79 Å². The Labute approximate surface area is 108 Å². The van der Waals surface area contributed by atoms with E-state index >= 15 is 0 Å². The van der Waals surface area contributed by atoms with Gasteiger partial charge in [-0.2, -0.15) is 0 Å². The van der Waals surface area contributed by atoms with Crippen LogP contribution in [-0.2, 0) is 17.6 Å². The largest absolute Gasteiger partial charge is 0.478 e. The fraction of sp³-hybridized carbons (Fsp3) is 0.400. The second-order valence-corrected chi connectivity index (χ2v) is 4.87. The first-order chi connectivity index (χ1) is 8.65. The molecule has 1 aliphatic rings. The maximum Gasteiger partial charge on any atom is 0.328 e. The van der Waals surface area contributed by atoms with E-state index in [1.807, 2.05) is 6.92 Å². The standard InChI is InChI=1S/C15H19NO2/c1-12(10-15(17)18)11-16-8-6-13-4-2-3-5-14(13)7-9-16/h2-5,10H,6-9,11H2,1H3,(H,17,18). The minimum absolute atomic E-state index is 0.750. The van der Waals surface area contributed by atoms with Crippen LogP contribution in [0.5, 0.6) is 0 Å². The predicted octanol–water partition coefficient (Wildman–Crippen LogP) is 2.12. The molecule has 2 rings (SSSR count). The van der Waals surface area contributed by atoms with Gasteiger partial charge in [0.05, 0.1) is 0 Å². The third-order valence-corrected chi connectivity index (χ3v) is 3.36. The molecule has 1 aromatic carbocycles. The number of benzene rings is 1. The van der Waals surface area contributed by atoms with Crippen molar-refractivity contribution in [2.75, 3.05) is 19.6 Å². The summed E-state index contributed by atoms with van der Waals surface area (Å²) in [6, 6.07) is 8.56. The fourth-order valence-electron chi connectivity index (χ4n) is 2.48. The Hall–Kier alpha value is -1.61. The summed E-state index contributed by atoms with van der Waals surface area (Å²) in [6.07, 6.45) is 3.41. The molecule has 1 N–H and O–H groups in total. The highest BCUT2D eigenvalue weighted by Gasteiger charge is 2.13. The predicted molar refractivity (Wildman–Crippen MR) is 71.7 cm³/mol. The average molecular weight is 245 g/mol. The number of nitrogens with zero attached hydrogens (tertiary/aromatic N) is 1. The molecule has 1 heterocycles. The summed E-state index contributed by atoms with van der Waals surface area (Å²) >= 11 is 0. The van der Waals surface area contributed by atoms with Gasteiger partial charge in [0.25, 0.3) is 0 Å². The number of carboxylic acid groups (broad SMARTS) is 1. The second-order valence-electron chi connectivity index (χ2n) is 4.87. The van der Waals surface area contributed by atoms with E-state index in [1.54, 1.807) is 0 Å². The van der Waals surface area contributed by atoms with E-state index in [4.69, 9.17) is 5.11 Å². The smallest absolute Gasteiger partial charge is 0.328 e. The normalized spacial score (nSPS) is 17.1. The molecule has 0 fully saturated rings. The number of hydrogen-bond acceptors (Lipinski definition) is 2. The molecule has 3 nitrogen and oxygen atoms in total. The van der Waals surface area contributed by atoms with Crippen molar-refractivity contribution < 1.29 is 9.90 Å². The highest BCUT2D eigenvalue weighted by molar-refractivity contribution is 5.80. The zero-order valence-electron chi connectivity index (χ0n) is 10.7. The van der Waals surface area contributed by atoms with Crippen molar-refractivity contribution in [3.63, 3.8) is 0 Å². The Morgan fingerprint density at radius 3 is 2.33 bits per heavy atom. The lowest BCUT2D eigenvalue weighted by Crippen LogP contribution is -2.28. The van der Waals surface area contributed by atoms with Crippen LogP contribution in [0.25, 0.3) is 0 Å². The van der Waals surface area contributed by atoms with Crippen molar-refractivity contribution in [1.29, 1.82) is 0 Å². The van der Waals surface area contributed by atoms with Crippen molar-refractivity contribution in [2.45, 2.75) is 19.8 Å². The molecule has 0 amide bonds. The Balaban J connectivity index is 1.98. The number of carboxylic acids is 1. The monoisotopic (exact) mass is 245 g/mol. The van der Waals surface area contributed by atoms with Gasteiger partial charge >= 0.3 is 5.97 Å². The quantitative estimate of drug-likeness (QED) is 0.829. The van der Waals surface area contributed by atoms with E-state index in [0.717, 1.165) is 38.0 Å². The first-order valence-corrected chi connectivity index (χ1v) is 6.34. The van der Waals surface area contributed by atoms with Crippen LogP contribution in [0.15, 0.2) is 35.9 Å². The molecule has 1 aromatic rings. The van der Waals surface area contributed by atoms with E-state index in [0.29, 0.717) is 0 Å². The molecule has 96 valence electrons.